The molecule has 0 bridgehead atoms. The molecule has 96 valence electrons. The van der Waals surface area contributed by atoms with Crippen LogP contribution in [0.3, 0.4) is 0 Å². The average Bonchev–Trinajstić information content (AvgIpc) is 2.39. The Labute approximate surface area is 120 Å². The van der Waals surface area contributed by atoms with Gasteiger partial charge < -0.3 is 5.32 Å². The minimum atomic E-state index is -0.909. The first-order valence-electron chi connectivity index (χ1n) is 5.48. The van der Waals surface area contributed by atoms with Crippen LogP contribution in [0.5, 0.6) is 0 Å². The molecule has 2 rings (SSSR count). The molecule has 2 aromatic carbocycles. The number of benzene rings is 2. The van der Waals surface area contributed by atoms with Crippen LogP contribution in [-0.4, -0.2) is 0 Å². The summed E-state index contributed by atoms with van der Waals surface area (Å²) in [5, 5.41) is 12.7. The first-order valence-corrected chi connectivity index (χ1v) is 6.23. The van der Waals surface area contributed by atoms with Crippen LogP contribution in [0.4, 0.5) is 10.1 Å². The number of halogens is 3. The van der Waals surface area contributed by atoms with Crippen molar-refractivity contribution in [3.63, 3.8) is 0 Å². The van der Waals surface area contributed by atoms with Gasteiger partial charge in [-0.25, -0.2) is 4.39 Å². The van der Waals surface area contributed by atoms with Crippen LogP contribution < -0.4 is 5.32 Å². The van der Waals surface area contributed by atoms with Gasteiger partial charge in [-0.2, -0.15) is 5.26 Å². The average molecular weight is 295 g/mol. The van der Waals surface area contributed by atoms with Gasteiger partial charge in [-0.15, -0.1) is 0 Å². The lowest BCUT2D eigenvalue weighted by atomic mass is 10.1. The minimum absolute atomic E-state index is 0.117. The largest absolute Gasteiger partial charge is 0.365 e. The van der Waals surface area contributed by atoms with E-state index in [4.69, 9.17) is 23.2 Å². The van der Waals surface area contributed by atoms with Gasteiger partial charge in [-0.05, 0) is 24.3 Å². The first kappa shape index (κ1) is 13.7. The molecule has 0 aliphatic rings. The Bertz CT molecular complexity index is 617. The van der Waals surface area contributed by atoms with Gasteiger partial charge in [-0.1, -0.05) is 41.4 Å². The lowest BCUT2D eigenvalue weighted by molar-refractivity contribution is 0.607. The SMILES string of the molecule is N#CC(Nc1ccccc1Cl)c1c(F)cccc1Cl. The van der Waals surface area contributed by atoms with Crippen LogP contribution in [0, 0.1) is 17.1 Å². The van der Waals surface area contributed by atoms with E-state index in [-0.39, 0.29) is 10.6 Å². The molecular formula is C14H9Cl2FN2. The monoisotopic (exact) mass is 294 g/mol. The van der Waals surface area contributed by atoms with Gasteiger partial charge in [0.1, 0.15) is 11.9 Å². The third-order valence-corrected chi connectivity index (χ3v) is 3.25. The molecule has 0 aliphatic carbocycles. The maximum atomic E-state index is 13.8. The van der Waals surface area contributed by atoms with E-state index >= 15 is 0 Å². The zero-order valence-corrected chi connectivity index (χ0v) is 11.2. The normalized spacial score (nSPS) is 11.7. The molecule has 0 radical (unpaired) electrons. The zero-order chi connectivity index (χ0) is 13.8. The Morgan fingerprint density at radius 1 is 1.05 bits per heavy atom. The predicted molar refractivity (Wildman–Crippen MR) is 74.8 cm³/mol. The lowest BCUT2D eigenvalue weighted by Gasteiger charge is -2.16. The molecule has 1 N–H and O–H groups in total. The summed E-state index contributed by atoms with van der Waals surface area (Å²) >= 11 is 11.9. The van der Waals surface area contributed by atoms with E-state index in [9.17, 15) is 9.65 Å². The molecule has 0 amide bonds. The number of para-hydroxylation sites is 1. The van der Waals surface area contributed by atoms with Crippen LogP contribution in [0.25, 0.3) is 0 Å². The second-order valence-corrected chi connectivity index (χ2v) is 4.64. The molecule has 0 saturated heterocycles. The fraction of sp³-hybridized carbons (Fsp3) is 0.0714. The first-order chi connectivity index (χ1) is 9.13. The molecule has 1 atom stereocenters. The summed E-state index contributed by atoms with van der Waals surface area (Å²) in [5.41, 5.74) is 0.668. The van der Waals surface area contributed by atoms with Crippen molar-refractivity contribution in [2.45, 2.75) is 6.04 Å². The second-order valence-electron chi connectivity index (χ2n) is 3.82. The smallest absolute Gasteiger partial charge is 0.144 e. The number of hydrogen-bond acceptors (Lipinski definition) is 2. The fourth-order valence-corrected chi connectivity index (χ4v) is 2.15. The van der Waals surface area contributed by atoms with Crippen molar-refractivity contribution < 1.29 is 4.39 Å². The summed E-state index contributed by atoms with van der Waals surface area (Å²) in [5.74, 6) is -0.529. The van der Waals surface area contributed by atoms with Crippen molar-refractivity contribution in [3.05, 3.63) is 63.9 Å². The summed E-state index contributed by atoms with van der Waals surface area (Å²) in [4.78, 5) is 0. The third kappa shape index (κ3) is 2.98. The number of anilines is 1. The fourth-order valence-electron chi connectivity index (χ4n) is 1.69. The maximum Gasteiger partial charge on any atom is 0.144 e. The summed E-state index contributed by atoms with van der Waals surface area (Å²) in [6.45, 7) is 0. The van der Waals surface area contributed by atoms with E-state index < -0.39 is 11.9 Å². The van der Waals surface area contributed by atoms with Gasteiger partial charge in [0, 0.05) is 10.6 Å². The Balaban J connectivity index is 2.37. The molecule has 0 aliphatic heterocycles. The predicted octanol–water partition coefficient (Wildman–Crippen LogP) is 4.81. The highest BCUT2D eigenvalue weighted by molar-refractivity contribution is 6.33. The van der Waals surface area contributed by atoms with E-state index in [1.807, 2.05) is 6.07 Å². The summed E-state index contributed by atoms with van der Waals surface area (Å²) in [7, 11) is 0. The molecule has 0 spiro atoms. The quantitative estimate of drug-likeness (QED) is 0.882. The molecule has 19 heavy (non-hydrogen) atoms. The van der Waals surface area contributed by atoms with E-state index in [2.05, 4.69) is 5.32 Å². The van der Waals surface area contributed by atoms with Crippen molar-refractivity contribution in [1.29, 1.82) is 5.26 Å². The van der Waals surface area contributed by atoms with Gasteiger partial charge in [0.05, 0.1) is 16.8 Å². The number of nitrogens with one attached hydrogen (secondary N) is 1. The molecule has 0 aromatic heterocycles. The van der Waals surface area contributed by atoms with Crippen LogP contribution in [-0.2, 0) is 0 Å². The van der Waals surface area contributed by atoms with E-state index in [1.165, 1.54) is 12.1 Å². The van der Waals surface area contributed by atoms with Gasteiger partial charge in [0.25, 0.3) is 0 Å². The lowest BCUT2D eigenvalue weighted by Crippen LogP contribution is -2.11. The van der Waals surface area contributed by atoms with Gasteiger partial charge in [0.15, 0.2) is 0 Å². The zero-order valence-electron chi connectivity index (χ0n) is 9.70. The number of nitrogens with zero attached hydrogens (tertiary/aromatic N) is 1. The van der Waals surface area contributed by atoms with Crippen LogP contribution in [0.15, 0.2) is 42.5 Å². The Morgan fingerprint density at radius 2 is 1.74 bits per heavy atom. The van der Waals surface area contributed by atoms with E-state index in [0.717, 1.165) is 0 Å². The van der Waals surface area contributed by atoms with Crippen LogP contribution in [0.1, 0.15) is 11.6 Å². The van der Waals surface area contributed by atoms with Crippen molar-refractivity contribution in [2.24, 2.45) is 0 Å². The summed E-state index contributed by atoms with van der Waals surface area (Å²) in [6.07, 6.45) is 0. The summed E-state index contributed by atoms with van der Waals surface area (Å²) < 4.78 is 13.8. The molecule has 0 saturated carbocycles. The Hall–Kier alpha value is -1.76. The Kier molecular flexibility index (Phi) is 4.26. The molecule has 0 heterocycles. The van der Waals surface area contributed by atoms with E-state index in [0.29, 0.717) is 10.7 Å². The standard InChI is InChI=1S/C14H9Cl2FN2/c15-9-4-1-2-7-12(9)19-13(8-18)14-10(16)5-3-6-11(14)17/h1-7,13,19H. The van der Waals surface area contributed by atoms with Crippen LogP contribution >= 0.6 is 23.2 Å². The van der Waals surface area contributed by atoms with Crippen molar-refractivity contribution in [2.75, 3.05) is 5.32 Å². The molecule has 5 heteroatoms. The van der Waals surface area contributed by atoms with Crippen molar-refractivity contribution in [1.82, 2.24) is 0 Å². The third-order valence-electron chi connectivity index (χ3n) is 2.59. The molecule has 2 aromatic rings. The van der Waals surface area contributed by atoms with Crippen molar-refractivity contribution >= 4 is 28.9 Å². The van der Waals surface area contributed by atoms with E-state index in [1.54, 1.807) is 30.3 Å². The second kappa shape index (κ2) is 5.92. The number of rotatable bonds is 3. The highest BCUT2D eigenvalue weighted by Crippen LogP contribution is 2.30. The molecule has 2 nitrogen and oxygen atoms in total. The highest BCUT2D eigenvalue weighted by Gasteiger charge is 2.19. The maximum absolute atomic E-state index is 13.8. The van der Waals surface area contributed by atoms with Gasteiger partial charge in [0.2, 0.25) is 0 Å². The summed E-state index contributed by atoms with van der Waals surface area (Å²) in [6, 6.07) is 12.3. The van der Waals surface area contributed by atoms with Crippen LogP contribution in [0.2, 0.25) is 10.0 Å². The highest BCUT2D eigenvalue weighted by atomic mass is 35.5. The number of hydrogen-bond donors (Lipinski definition) is 1. The Morgan fingerprint density at radius 3 is 2.37 bits per heavy atom. The van der Waals surface area contributed by atoms with Gasteiger partial charge >= 0.3 is 0 Å². The molecule has 1 unspecified atom stereocenters. The van der Waals surface area contributed by atoms with Crippen molar-refractivity contribution in [3.8, 4) is 6.07 Å². The molecule has 0 fully saturated rings. The number of nitriles is 1. The molecular weight excluding hydrogens is 286 g/mol. The van der Waals surface area contributed by atoms with Gasteiger partial charge in [-0.3, -0.25) is 0 Å². The minimum Gasteiger partial charge on any atom is -0.365 e. The topological polar surface area (TPSA) is 35.8 Å².